The Bertz CT molecular complexity index is 711. The minimum atomic E-state index is -0.290. The molecule has 3 N–H and O–H groups in total. The summed E-state index contributed by atoms with van der Waals surface area (Å²) in [6, 6.07) is 14.8. The highest BCUT2D eigenvalue weighted by Crippen LogP contribution is 2.17. The standard InChI is InChI=1S/C19H23N3O2/c1-4-15-8-10-16(11-9-15)13(2)20-19(24)22-18-7-5-6-17(12-18)21-14(3)23/h5-13H,4H2,1-3H3,(H,21,23)(H2,20,22,24). The molecule has 5 nitrogen and oxygen atoms in total. The van der Waals surface area contributed by atoms with Gasteiger partial charge in [-0.3, -0.25) is 4.79 Å². The molecule has 2 aromatic rings. The van der Waals surface area contributed by atoms with Crippen molar-refractivity contribution in [3.63, 3.8) is 0 Å². The fourth-order valence-electron chi connectivity index (χ4n) is 2.37. The lowest BCUT2D eigenvalue weighted by Gasteiger charge is -2.16. The fourth-order valence-corrected chi connectivity index (χ4v) is 2.37. The second-order valence-electron chi connectivity index (χ2n) is 5.68. The molecule has 5 heteroatoms. The molecule has 0 bridgehead atoms. The number of carbonyl (C=O) groups excluding carboxylic acids is 2. The van der Waals surface area contributed by atoms with Crippen molar-refractivity contribution in [2.45, 2.75) is 33.2 Å². The van der Waals surface area contributed by atoms with Gasteiger partial charge in [-0.1, -0.05) is 37.3 Å². The molecule has 0 heterocycles. The second-order valence-corrected chi connectivity index (χ2v) is 5.68. The van der Waals surface area contributed by atoms with Gasteiger partial charge in [0.05, 0.1) is 6.04 Å². The number of carbonyl (C=O) groups is 2. The van der Waals surface area contributed by atoms with Gasteiger partial charge in [0.2, 0.25) is 5.91 Å². The molecule has 2 rings (SSSR count). The molecule has 126 valence electrons. The number of anilines is 2. The van der Waals surface area contributed by atoms with Crippen molar-refractivity contribution >= 4 is 23.3 Å². The number of amides is 3. The quantitative estimate of drug-likeness (QED) is 0.775. The number of urea groups is 1. The third-order valence-electron chi connectivity index (χ3n) is 3.68. The molecular weight excluding hydrogens is 302 g/mol. The van der Waals surface area contributed by atoms with Crippen LogP contribution in [-0.4, -0.2) is 11.9 Å². The van der Waals surface area contributed by atoms with Gasteiger partial charge < -0.3 is 16.0 Å². The van der Waals surface area contributed by atoms with E-state index in [1.165, 1.54) is 12.5 Å². The third kappa shape index (κ3) is 5.12. The predicted octanol–water partition coefficient (Wildman–Crippen LogP) is 4.09. The zero-order valence-corrected chi connectivity index (χ0v) is 14.2. The van der Waals surface area contributed by atoms with E-state index < -0.39 is 0 Å². The molecule has 1 atom stereocenters. The zero-order chi connectivity index (χ0) is 17.5. The Hall–Kier alpha value is -2.82. The van der Waals surface area contributed by atoms with Gasteiger partial charge in [0, 0.05) is 18.3 Å². The van der Waals surface area contributed by atoms with Crippen LogP contribution >= 0.6 is 0 Å². The number of aryl methyl sites for hydroxylation is 1. The van der Waals surface area contributed by atoms with Crippen molar-refractivity contribution in [3.05, 3.63) is 59.7 Å². The number of nitrogens with one attached hydrogen (secondary N) is 3. The van der Waals surface area contributed by atoms with Crippen LogP contribution in [0.2, 0.25) is 0 Å². The van der Waals surface area contributed by atoms with Crippen molar-refractivity contribution in [3.8, 4) is 0 Å². The van der Waals surface area contributed by atoms with Crippen LogP contribution in [-0.2, 0) is 11.2 Å². The van der Waals surface area contributed by atoms with E-state index in [1.54, 1.807) is 24.3 Å². The van der Waals surface area contributed by atoms with Gasteiger partial charge in [-0.15, -0.1) is 0 Å². The van der Waals surface area contributed by atoms with Crippen LogP contribution in [0.3, 0.4) is 0 Å². The number of hydrogen-bond acceptors (Lipinski definition) is 2. The molecule has 0 saturated carbocycles. The Labute approximate surface area is 142 Å². The molecule has 0 aliphatic carbocycles. The van der Waals surface area contributed by atoms with Gasteiger partial charge in [0.25, 0.3) is 0 Å². The Kier molecular flexibility index (Phi) is 5.95. The summed E-state index contributed by atoms with van der Waals surface area (Å²) in [5, 5.41) is 8.37. The molecule has 0 aromatic heterocycles. The maximum Gasteiger partial charge on any atom is 0.319 e. The van der Waals surface area contributed by atoms with E-state index in [-0.39, 0.29) is 18.0 Å². The van der Waals surface area contributed by atoms with E-state index >= 15 is 0 Å². The predicted molar refractivity (Wildman–Crippen MR) is 97.1 cm³/mol. The highest BCUT2D eigenvalue weighted by Gasteiger charge is 2.10. The van der Waals surface area contributed by atoms with Gasteiger partial charge in [-0.05, 0) is 42.7 Å². The average molecular weight is 325 g/mol. The van der Waals surface area contributed by atoms with Gasteiger partial charge in [-0.25, -0.2) is 4.79 Å². The summed E-state index contributed by atoms with van der Waals surface area (Å²) in [7, 11) is 0. The summed E-state index contributed by atoms with van der Waals surface area (Å²) in [6.07, 6.45) is 0.993. The molecule has 2 aromatic carbocycles. The first-order valence-electron chi connectivity index (χ1n) is 8.02. The molecule has 0 aliphatic rings. The summed E-state index contributed by atoms with van der Waals surface area (Å²) in [5.41, 5.74) is 3.58. The second kappa shape index (κ2) is 8.15. The number of benzene rings is 2. The Balaban J connectivity index is 1.95. The highest BCUT2D eigenvalue weighted by atomic mass is 16.2. The normalized spacial score (nSPS) is 11.5. The summed E-state index contributed by atoms with van der Waals surface area (Å²) in [5.74, 6) is -0.152. The van der Waals surface area contributed by atoms with Gasteiger partial charge in [0.15, 0.2) is 0 Å². The molecule has 0 radical (unpaired) electrons. The van der Waals surface area contributed by atoms with E-state index in [4.69, 9.17) is 0 Å². The van der Waals surface area contributed by atoms with Crippen molar-refractivity contribution < 1.29 is 9.59 Å². The molecule has 1 unspecified atom stereocenters. The Morgan fingerprint density at radius 2 is 1.62 bits per heavy atom. The molecular formula is C19H23N3O2. The highest BCUT2D eigenvalue weighted by molar-refractivity contribution is 5.92. The maximum absolute atomic E-state index is 12.1. The van der Waals surface area contributed by atoms with Crippen molar-refractivity contribution in [2.75, 3.05) is 10.6 Å². The number of hydrogen-bond donors (Lipinski definition) is 3. The molecule has 24 heavy (non-hydrogen) atoms. The average Bonchev–Trinajstić information content (AvgIpc) is 2.54. The Morgan fingerprint density at radius 1 is 1.00 bits per heavy atom. The van der Waals surface area contributed by atoms with E-state index in [2.05, 4.69) is 35.0 Å². The van der Waals surface area contributed by atoms with Crippen molar-refractivity contribution in [1.29, 1.82) is 0 Å². The zero-order valence-electron chi connectivity index (χ0n) is 14.2. The van der Waals surface area contributed by atoms with Crippen LogP contribution in [0.5, 0.6) is 0 Å². The van der Waals surface area contributed by atoms with Gasteiger partial charge >= 0.3 is 6.03 Å². The lowest BCUT2D eigenvalue weighted by atomic mass is 10.1. The van der Waals surface area contributed by atoms with E-state index in [1.807, 2.05) is 19.1 Å². The molecule has 0 aliphatic heterocycles. The first-order chi connectivity index (χ1) is 11.5. The third-order valence-corrected chi connectivity index (χ3v) is 3.68. The van der Waals surface area contributed by atoms with E-state index in [0.717, 1.165) is 12.0 Å². The van der Waals surface area contributed by atoms with Crippen LogP contribution in [0, 0.1) is 0 Å². The van der Waals surface area contributed by atoms with Gasteiger partial charge in [-0.2, -0.15) is 0 Å². The minimum absolute atomic E-state index is 0.102. The topological polar surface area (TPSA) is 70.2 Å². The summed E-state index contributed by atoms with van der Waals surface area (Å²) >= 11 is 0. The first-order valence-corrected chi connectivity index (χ1v) is 8.02. The molecule has 0 spiro atoms. The lowest BCUT2D eigenvalue weighted by Crippen LogP contribution is -2.31. The van der Waals surface area contributed by atoms with Gasteiger partial charge in [0.1, 0.15) is 0 Å². The Morgan fingerprint density at radius 3 is 2.21 bits per heavy atom. The van der Waals surface area contributed by atoms with Crippen LogP contribution in [0.4, 0.5) is 16.2 Å². The van der Waals surface area contributed by atoms with Crippen molar-refractivity contribution in [1.82, 2.24) is 5.32 Å². The van der Waals surface area contributed by atoms with E-state index in [0.29, 0.717) is 11.4 Å². The SMILES string of the molecule is CCc1ccc(C(C)NC(=O)Nc2cccc(NC(C)=O)c2)cc1. The summed E-state index contributed by atoms with van der Waals surface area (Å²) in [6.45, 7) is 5.49. The fraction of sp³-hybridized carbons (Fsp3) is 0.263. The molecule has 0 fully saturated rings. The summed E-state index contributed by atoms with van der Waals surface area (Å²) in [4.78, 5) is 23.2. The minimum Gasteiger partial charge on any atom is -0.331 e. The lowest BCUT2D eigenvalue weighted by molar-refractivity contribution is -0.114. The summed E-state index contributed by atoms with van der Waals surface area (Å²) < 4.78 is 0. The molecule has 0 saturated heterocycles. The maximum atomic E-state index is 12.1. The van der Waals surface area contributed by atoms with Crippen LogP contribution in [0.25, 0.3) is 0 Å². The monoisotopic (exact) mass is 325 g/mol. The molecule has 3 amide bonds. The van der Waals surface area contributed by atoms with E-state index in [9.17, 15) is 9.59 Å². The largest absolute Gasteiger partial charge is 0.331 e. The van der Waals surface area contributed by atoms with Crippen LogP contribution in [0.1, 0.15) is 37.9 Å². The first kappa shape index (κ1) is 17.5. The van der Waals surface area contributed by atoms with Crippen molar-refractivity contribution in [2.24, 2.45) is 0 Å². The van der Waals surface area contributed by atoms with Crippen LogP contribution < -0.4 is 16.0 Å². The van der Waals surface area contributed by atoms with Crippen LogP contribution in [0.15, 0.2) is 48.5 Å². The smallest absolute Gasteiger partial charge is 0.319 e. The number of rotatable bonds is 5.